The maximum Gasteiger partial charge on any atom is 0.0931 e. The van der Waals surface area contributed by atoms with E-state index in [0.717, 1.165) is 10.9 Å². The van der Waals surface area contributed by atoms with Crippen LogP contribution in [0.5, 0.6) is 0 Å². The third-order valence-electron chi connectivity index (χ3n) is 2.97. The lowest BCUT2D eigenvalue weighted by Crippen LogP contribution is -2.44. The average Bonchev–Trinajstić information content (AvgIpc) is 2.69. The lowest BCUT2D eigenvalue weighted by atomic mass is 10.1. The normalized spacial score (nSPS) is 24.6. The summed E-state index contributed by atoms with van der Waals surface area (Å²) >= 11 is 9.67. The van der Waals surface area contributed by atoms with Crippen molar-refractivity contribution >= 4 is 34.7 Å². The van der Waals surface area contributed by atoms with E-state index in [1.807, 2.05) is 17.8 Å². The van der Waals surface area contributed by atoms with Crippen molar-refractivity contribution in [2.45, 2.75) is 19.0 Å². The van der Waals surface area contributed by atoms with E-state index in [2.05, 4.69) is 17.9 Å². The zero-order valence-electron chi connectivity index (χ0n) is 9.36. The van der Waals surface area contributed by atoms with Crippen molar-refractivity contribution in [3.8, 4) is 0 Å². The minimum Gasteiger partial charge on any atom is -0.329 e. The van der Waals surface area contributed by atoms with Crippen LogP contribution in [0.25, 0.3) is 0 Å². The van der Waals surface area contributed by atoms with Gasteiger partial charge >= 0.3 is 0 Å². The Labute approximate surface area is 110 Å². The van der Waals surface area contributed by atoms with Crippen molar-refractivity contribution in [2.24, 2.45) is 5.73 Å². The van der Waals surface area contributed by atoms with Crippen LogP contribution in [-0.2, 0) is 0 Å². The van der Waals surface area contributed by atoms with Gasteiger partial charge in [0, 0.05) is 35.5 Å². The number of hydrogen-bond donors (Lipinski definition) is 1. The molecular formula is C11H17ClN2S2. The lowest BCUT2D eigenvalue weighted by Gasteiger charge is -2.38. The summed E-state index contributed by atoms with van der Waals surface area (Å²) in [6.07, 6.45) is 0. The molecule has 2 rings (SSSR count). The highest BCUT2D eigenvalue weighted by Crippen LogP contribution is 2.33. The summed E-state index contributed by atoms with van der Waals surface area (Å²) in [7, 11) is 0. The molecule has 2 unspecified atom stereocenters. The SMILES string of the molecule is CC1CSCCN1C(CN)c1ccc(Cl)s1. The van der Waals surface area contributed by atoms with Crippen molar-refractivity contribution in [2.75, 3.05) is 24.6 Å². The average molecular weight is 277 g/mol. The molecule has 1 saturated heterocycles. The molecule has 0 radical (unpaired) electrons. The Bertz CT molecular complexity index is 342. The van der Waals surface area contributed by atoms with Crippen LogP contribution >= 0.6 is 34.7 Å². The second-order valence-electron chi connectivity index (χ2n) is 4.06. The minimum absolute atomic E-state index is 0.341. The van der Waals surface area contributed by atoms with E-state index in [9.17, 15) is 0 Å². The van der Waals surface area contributed by atoms with Gasteiger partial charge in [0.25, 0.3) is 0 Å². The van der Waals surface area contributed by atoms with Crippen molar-refractivity contribution < 1.29 is 0 Å². The highest BCUT2D eigenvalue weighted by atomic mass is 35.5. The summed E-state index contributed by atoms with van der Waals surface area (Å²) in [5, 5.41) is 0. The molecule has 1 aromatic heterocycles. The van der Waals surface area contributed by atoms with Crippen molar-refractivity contribution in [1.29, 1.82) is 0 Å². The van der Waals surface area contributed by atoms with Gasteiger partial charge in [0.1, 0.15) is 0 Å². The first kappa shape index (κ1) is 12.7. The van der Waals surface area contributed by atoms with E-state index >= 15 is 0 Å². The van der Waals surface area contributed by atoms with Gasteiger partial charge < -0.3 is 5.73 Å². The Balaban J connectivity index is 2.14. The molecule has 0 aliphatic carbocycles. The van der Waals surface area contributed by atoms with Crippen LogP contribution in [-0.4, -0.2) is 35.5 Å². The maximum atomic E-state index is 5.99. The second kappa shape index (κ2) is 5.74. The summed E-state index contributed by atoms with van der Waals surface area (Å²) in [6, 6.07) is 5.02. The fourth-order valence-corrected chi connectivity index (χ4v) is 4.36. The smallest absolute Gasteiger partial charge is 0.0931 e. The Kier molecular flexibility index (Phi) is 4.56. The first-order chi connectivity index (χ1) is 7.72. The predicted molar refractivity (Wildman–Crippen MR) is 74.6 cm³/mol. The van der Waals surface area contributed by atoms with E-state index in [4.69, 9.17) is 17.3 Å². The third-order valence-corrected chi connectivity index (χ3v) is 5.49. The fraction of sp³-hybridized carbons (Fsp3) is 0.636. The molecule has 2 N–H and O–H groups in total. The molecule has 1 aliphatic heterocycles. The second-order valence-corrected chi connectivity index (χ2v) is 6.95. The molecule has 0 aromatic carbocycles. The van der Waals surface area contributed by atoms with Gasteiger partial charge in [0.2, 0.25) is 0 Å². The molecule has 16 heavy (non-hydrogen) atoms. The van der Waals surface area contributed by atoms with Gasteiger partial charge in [-0.1, -0.05) is 11.6 Å². The van der Waals surface area contributed by atoms with Crippen LogP contribution in [0.2, 0.25) is 4.34 Å². The third kappa shape index (κ3) is 2.74. The molecular weight excluding hydrogens is 260 g/mol. The van der Waals surface area contributed by atoms with E-state index in [0.29, 0.717) is 18.6 Å². The number of hydrogen-bond acceptors (Lipinski definition) is 4. The van der Waals surface area contributed by atoms with E-state index in [1.165, 1.54) is 16.4 Å². The van der Waals surface area contributed by atoms with Crippen LogP contribution in [0.15, 0.2) is 12.1 Å². The maximum absolute atomic E-state index is 5.99. The van der Waals surface area contributed by atoms with Crippen molar-refractivity contribution in [3.05, 3.63) is 21.3 Å². The van der Waals surface area contributed by atoms with Crippen LogP contribution in [0.1, 0.15) is 17.8 Å². The molecule has 2 heterocycles. The van der Waals surface area contributed by atoms with E-state index < -0.39 is 0 Å². The number of nitrogens with two attached hydrogens (primary N) is 1. The largest absolute Gasteiger partial charge is 0.329 e. The molecule has 1 fully saturated rings. The molecule has 90 valence electrons. The Morgan fingerprint density at radius 2 is 2.44 bits per heavy atom. The molecule has 2 atom stereocenters. The van der Waals surface area contributed by atoms with E-state index in [1.54, 1.807) is 11.3 Å². The molecule has 0 amide bonds. The highest BCUT2D eigenvalue weighted by molar-refractivity contribution is 7.99. The van der Waals surface area contributed by atoms with Gasteiger partial charge in [-0.05, 0) is 19.1 Å². The van der Waals surface area contributed by atoms with E-state index in [-0.39, 0.29) is 0 Å². The molecule has 0 bridgehead atoms. The Morgan fingerprint density at radius 1 is 1.62 bits per heavy atom. The zero-order chi connectivity index (χ0) is 11.5. The molecule has 1 aliphatic rings. The fourth-order valence-electron chi connectivity index (χ4n) is 2.13. The van der Waals surface area contributed by atoms with Gasteiger partial charge in [-0.15, -0.1) is 11.3 Å². The van der Waals surface area contributed by atoms with Crippen LogP contribution in [0, 0.1) is 0 Å². The number of thioether (sulfide) groups is 1. The number of rotatable bonds is 3. The van der Waals surface area contributed by atoms with Gasteiger partial charge in [0.15, 0.2) is 0 Å². The van der Waals surface area contributed by atoms with Gasteiger partial charge in [-0.3, -0.25) is 4.90 Å². The molecule has 0 spiro atoms. The molecule has 1 aromatic rings. The monoisotopic (exact) mass is 276 g/mol. The molecule has 5 heteroatoms. The minimum atomic E-state index is 0.341. The predicted octanol–water partition coefficient (Wildman–Crippen LogP) is 2.84. The number of thiophene rings is 1. The first-order valence-corrected chi connectivity index (χ1v) is 7.86. The Hall–Kier alpha value is 0.260. The number of nitrogens with zero attached hydrogens (tertiary/aromatic N) is 1. The first-order valence-electron chi connectivity index (χ1n) is 5.51. The van der Waals surface area contributed by atoms with Gasteiger partial charge in [-0.25, -0.2) is 0 Å². The lowest BCUT2D eigenvalue weighted by molar-refractivity contribution is 0.168. The summed E-state index contributed by atoms with van der Waals surface area (Å²) in [4.78, 5) is 3.81. The molecule has 2 nitrogen and oxygen atoms in total. The zero-order valence-corrected chi connectivity index (χ0v) is 11.7. The Morgan fingerprint density at radius 3 is 3.00 bits per heavy atom. The van der Waals surface area contributed by atoms with Crippen molar-refractivity contribution in [1.82, 2.24) is 4.90 Å². The van der Waals surface area contributed by atoms with Gasteiger partial charge in [-0.2, -0.15) is 11.8 Å². The van der Waals surface area contributed by atoms with Gasteiger partial charge in [0.05, 0.1) is 10.4 Å². The summed E-state index contributed by atoms with van der Waals surface area (Å²) in [5.41, 5.74) is 5.92. The van der Waals surface area contributed by atoms with Crippen LogP contribution in [0.3, 0.4) is 0 Å². The van der Waals surface area contributed by atoms with Crippen molar-refractivity contribution in [3.63, 3.8) is 0 Å². The topological polar surface area (TPSA) is 29.3 Å². The van der Waals surface area contributed by atoms with Crippen LogP contribution < -0.4 is 5.73 Å². The molecule has 0 saturated carbocycles. The summed E-state index contributed by atoms with van der Waals surface area (Å²) < 4.78 is 0.854. The summed E-state index contributed by atoms with van der Waals surface area (Å²) in [5.74, 6) is 2.41. The standard InChI is InChI=1S/C11H17ClN2S2/c1-8-7-15-5-4-14(8)9(6-13)10-2-3-11(12)16-10/h2-3,8-9H,4-7,13H2,1H3. The van der Waals surface area contributed by atoms with Crippen LogP contribution in [0.4, 0.5) is 0 Å². The summed E-state index contributed by atoms with van der Waals surface area (Å²) in [6.45, 7) is 4.08. The quantitative estimate of drug-likeness (QED) is 0.921. The number of halogens is 1. The highest BCUT2D eigenvalue weighted by Gasteiger charge is 2.27.